The number of nitrogens with zero attached hydrogens (tertiary/aromatic N) is 1. The summed E-state index contributed by atoms with van der Waals surface area (Å²) in [5, 5.41) is 16.9. The molecule has 0 fully saturated rings. The normalized spacial score (nSPS) is 20.6. The van der Waals surface area contributed by atoms with Gasteiger partial charge in [-0.05, 0) is 54.7 Å². The number of aromatic nitrogens is 1. The third kappa shape index (κ3) is 2.99. The van der Waals surface area contributed by atoms with Crippen molar-refractivity contribution in [2.24, 2.45) is 0 Å². The van der Waals surface area contributed by atoms with Crippen molar-refractivity contribution in [1.82, 2.24) is 5.16 Å². The Hall–Kier alpha value is -3.12. The van der Waals surface area contributed by atoms with Crippen molar-refractivity contribution in [3.63, 3.8) is 0 Å². The molecule has 0 unspecified atom stereocenters. The number of hydrogen-bond acceptors (Lipinski definition) is 5. The molecule has 0 saturated carbocycles. The number of allylic oxidation sites excluding steroid dienone is 2. The number of phenolic OH excluding ortho intramolecular Hbond substituents is 1. The Morgan fingerprint density at radius 3 is 2.63 bits per heavy atom. The van der Waals surface area contributed by atoms with Crippen molar-refractivity contribution in [3.05, 3.63) is 87.0 Å². The SMILES string of the molecule is Cc1noc2c1[C@@H](c1ccc(Cl)c(F)c1)C1=C(C[C@H](c3ccc(O)cc3)CC1=O)N2. The summed E-state index contributed by atoms with van der Waals surface area (Å²) in [6.07, 6.45) is 0.926. The third-order valence-corrected chi connectivity index (χ3v) is 6.21. The lowest BCUT2D eigenvalue weighted by Gasteiger charge is -2.34. The van der Waals surface area contributed by atoms with E-state index < -0.39 is 11.7 Å². The van der Waals surface area contributed by atoms with Gasteiger partial charge in [0.2, 0.25) is 5.88 Å². The number of Topliss-reactive ketones (excluding diaryl/α,β-unsaturated/α-hetero) is 1. The summed E-state index contributed by atoms with van der Waals surface area (Å²) in [5.74, 6) is -0.377. The quantitative estimate of drug-likeness (QED) is 0.573. The monoisotopic (exact) mass is 424 g/mol. The van der Waals surface area contributed by atoms with Gasteiger partial charge in [-0.25, -0.2) is 4.39 Å². The second kappa shape index (κ2) is 6.99. The van der Waals surface area contributed by atoms with Gasteiger partial charge < -0.3 is 14.9 Å². The Morgan fingerprint density at radius 1 is 1.17 bits per heavy atom. The number of carbonyl (C=O) groups is 1. The van der Waals surface area contributed by atoms with Gasteiger partial charge in [0.25, 0.3) is 0 Å². The maximum Gasteiger partial charge on any atom is 0.233 e. The van der Waals surface area contributed by atoms with Crippen LogP contribution in [0.4, 0.5) is 10.3 Å². The molecule has 2 aliphatic rings. The molecule has 0 spiro atoms. The Labute approximate surface area is 177 Å². The molecular formula is C23H18ClFN2O3. The van der Waals surface area contributed by atoms with E-state index in [0.717, 1.165) is 16.8 Å². The Balaban J connectivity index is 1.62. The van der Waals surface area contributed by atoms with Crippen molar-refractivity contribution in [2.45, 2.75) is 31.6 Å². The number of anilines is 1. The fourth-order valence-corrected chi connectivity index (χ4v) is 4.60. The largest absolute Gasteiger partial charge is 0.508 e. The molecule has 2 N–H and O–H groups in total. The lowest BCUT2D eigenvalue weighted by molar-refractivity contribution is -0.116. The minimum absolute atomic E-state index is 0.00608. The molecular weight excluding hydrogens is 407 g/mol. The highest BCUT2D eigenvalue weighted by atomic mass is 35.5. The number of hydrogen-bond donors (Lipinski definition) is 2. The fraction of sp³-hybridized carbons (Fsp3) is 0.217. The van der Waals surface area contributed by atoms with Crippen LogP contribution in [0.2, 0.25) is 5.02 Å². The van der Waals surface area contributed by atoms with Gasteiger partial charge >= 0.3 is 0 Å². The van der Waals surface area contributed by atoms with Gasteiger partial charge in [-0.1, -0.05) is 35.0 Å². The topological polar surface area (TPSA) is 75.4 Å². The molecule has 0 bridgehead atoms. The molecule has 7 heteroatoms. The number of aryl methyl sites for hydroxylation is 1. The lowest BCUT2D eigenvalue weighted by Crippen LogP contribution is -2.29. The number of halogens is 2. The number of rotatable bonds is 2. The molecule has 5 nitrogen and oxygen atoms in total. The maximum absolute atomic E-state index is 14.3. The standard InChI is InChI=1S/C23H18ClFN2O3/c1-11-20-21(13-4-7-16(24)17(25)8-13)22-18(26-23(20)30-27-11)9-14(10-19(22)29)12-2-5-15(28)6-3-12/h2-8,14,21,26,28H,9-10H2,1H3/t14-,21+/m0/s1. The Morgan fingerprint density at radius 2 is 1.90 bits per heavy atom. The highest BCUT2D eigenvalue weighted by Crippen LogP contribution is 2.49. The average molecular weight is 425 g/mol. The number of aromatic hydroxyl groups is 1. The van der Waals surface area contributed by atoms with Crippen molar-refractivity contribution in [2.75, 3.05) is 5.32 Å². The van der Waals surface area contributed by atoms with Crippen molar-refractivity contribution >= 4 is 23.3 Å². The summed E-state index contributed by atoms with van der Waals surface area (Å²) in [6.45, 7) is 1.81. The van der Waals surface area contributed by atoms with E-state index in [1.165, 1.54) is 12.1 Å². The third-order valence-electron chi connectivity index (χ3n) is 5.90. The van der Waals surface area contributed by atoms with Crippen LogP contribution in [0.5, 0.6) is 5.75 Å². The first-order valence-electron chi connectivity index (χ1n) is 9.65. The second-order valence-electron chi connectivity index (χ2n) is 7.75. The van der Waals surface area contributed by atoms with Crippen LogP contribution in [0.25, 0.3) is 0 Å². The molecule has 5 rings (SSSR count). The molecule has 0 radical (unpaired) electrons. The average Bonchev–Trinajstić information content (AvgIpc) is 3.09. The number of fused-ring (bicyclic) bond motifs is 1. The van der Waals surface area contributed by atoms with Crippen LogP contribution in [0, 0.1) is 12.7 Å². The molecule has 1 aromatic heterocycles. The molecule has 2 heterocycles. The summed E-state index contributed by atoms with van der Waals surface area (Å²) in [5.41, 5.74) is 4.38. The predicted octanol–water partition coefficient (Wildman–Crippen LogP) is 5.44. The fourth-order valence-electron chi connectivity index (χ4n) is 4.48. The molecule has 1 aliphatic carbocycles. The molecule has 30 heavy (non-hydrogen) atoms. The minimum Gasteiger partial charge on any atom is -0.508 e. The van der Waals surface area contributed by atoms with E-state index in [0.29, 0.717) is 35.6 Å². The number of phenols is 1. The first-order chi connectivity index (χ1) is 14.4. The molecule has 3 aromatic rings. The number of benzene rings is 2. The Bertz CT molecular complexity index is 1200. The predicted molar refractivity (Wildman–Crippen MR) is 110 cm³/mol. The summed E-state index contributed by atoms with van der Waals surface area (Å²) in [6, 6.07) is 11.5. The van der Waals surface area contributed by atoms with Crippen molar-refractivity contribution in [3.8, 4) is 5.75 Å². The van der Waals surface area contributed by atoms with Crippen LogP contribution >= 0.6 is 11.6 Å². The second-order valence-corrected chi connectivity index (χ2v) is 8.16. The first-order valence-corrected chi connectivity index (χ1v) is 10.0. The Kier molecular flexibility index (Phi) is 4.40. The van der Waals surface area contributed by atoms with E-state index in [1.54, 1.807) is 25.1 Å². The maximum atomic E-state index is 14.3. The molecule has 152 valence electrons. The van der Waals surface area contributed by atoms with Gasteiger partial charge in [-0.2, -0.15) is 0 Å². The van der Waals surface area contributed by atoms with Crippen LogP contribution in [0.1, 0.15) is 47.1 Å². The molecule has 2 aromatic carbocycles. The molecule has 1 aliphatic heterocycles. The molecule has 0 saturated heterocycles. The van der Waals surface area contributed by atoms with Gasteiger partial charge in [0.15, 0.2) is 5.78 Å². The lowest BCUT2D eigenvalue weighted by atomic mass is 9.72. The molecule has 0 amide bonds. The van der Waals surface area contributed by atoms with E-state index in [1.807, 2.05) is 12.1 Å². The summed E-state index contributed by atoms with van der Waals surface area (Å²) >= 11 is 5.88. The van der Waals surface area contributed by atoms with E-state index in [4.69, 9.17) is 16.1 Å². The number of ketones is 1. The van der Waals surface area contributed by atoms with Gasteiger partial charge in [0.1, 0.15) is 11.6 Å². The van der Waals surface area contributed by atoms with Gasteiger partial charge in [0.05, 0.1) is 16.3 Å². The van der Waals surface area contributed by atoms with E-state index in [9.17, 15) is 14.3 Å². The van der Waals surface area contributed by atoms with Gasteiger partial charge in [-0.15, -0.1) is 0 Å². The zero-order valence-corrected chi connectivity index (χ0v) is 16.8. The van der Waals surface area contributed by atoms with Crippen molar-refractivity contribution in [1.29, 1.82) is 0 Å². The molecule has 2 atom stereocenters. The van der Waals surface area contributed by atoms with E-state index in [-0.39, 0.29) is 22.5 Å². The highest BCUT2D eigenvalue weighted by Gasteiger charge is 2.41. The zero-order valence-electron chi connectivity index (χ0n) is 16.1. The van der Waals surface area contributed by atoms with Crippen LogP contribution < -0.4 is 5.32 Å². The van der Waals surface area contributed by atoms with Gasteiger partial charge in [-0.3, -0.25) is 4.79 Å². The van der Waals surface area contributed by atoms with E-state index >= 15 is 0 Å². The summed E-state index contributed by atoms with van der Waals surface area (Å²) in [4.78, 5) is 13.3. The number of nitrogens with one attached hydrogen (secondary N) is 1. The zero-order chi connectivity index (χ0) is 21.0. The minimum atomic E-state index is -0.532. The summed E-state index contributed by atoms with van der Waals surface area (Å²) < 4.78 is 19.7. The van der Waals surface area contributed by atoms with Crippen molar-refractivity contribution < 1.29 is 18.8 Å². The smallest absolute Gasteiger partial charge is 0.233 e. The van der Waals surface area contributed by atoms with Crippen LogP contribution in [0.15, 0.2) is 58.3 Å². The number of carbonyl (C=O) groups excluding carboxylic acids is 1. The van der Waals surface area contributed by atoms with Crippen LogP contribution in [-0.2, 0) is 4.79 Å². The first kappa shape index (κ1) is 18.9. The highest BCUT2D eigenvalue weighted by molar-refractivity contribution is 6.30. The van der Waals surface area contributed by atoms with E-state index in [2.05, 4.69) is 10.5 Å². The van der Waals surface area contributed by atoms with Crippen LogP contribution in [-0.4, -0.2) is 16.0 Å². The summed E-state index contributed by atoms with van der Waals surface area (Å²) in [7, 11) is 0. The van der Waals surface area contributed by atoms with Crippen LogP contribution in [0.3, 0.4) is 0 Å². The van der Waals surface area contributed by atoms with Gasteiger partial charge in [0, 0.05) is 23.6 Å².